The first-order valence-electron chi connectivity index (χ1n) is 16.9. The van der Waals surface area contributed by atoms with Crippen LogP contribution in [0.25, 0.3) is 5.69 Å². The van der Waals surface area contributed by atoms with Crippen LogP contribution < -0.4 is 37.2 Å². The molecule has 3 unspecified atom stereocenters. The molecule has 12 nitrogen and oxygen atoms in total. The summed E-state index contributed by atoms with van der Waals surface area (Å²) in [6, 6.07) is 21.7. The molecule has 0 N–H and O–H groups in total. The van der Waals surface area contributed by atoms with Gasteiger partial charge in [-0.05, 0) is 74.0 Å². The van der Waals surface area contributed by atoms with Crippen molar-refractivity contribution in [1.29, 1.82) is 0 Å². The molecule has 5 aromatic rings. The van der Waals surface area contributed by atoms with Gasteiger partial charge in [0.1, 0.15) is 24.8 Å². The fourth-order valence-corrected chi connectivity index (χ4v) is 6.98. The molecular weight excluding hydrogens is 715 g/mol. The number of ether oxygens (including phenoxy) is 3. The number of nitrogens with zero attached hydrogens (tertiary/aromatic N) is 8. The van der Waals surface area contributed by atoms with Crippen LogP contribution in [0.2, 0.25) is 10.0 Å². The van der Waals surface area contributed by atoms with Crippen molar-refractivity contribution in [3.05, 3.63) is 112 Å². The molecule has 2 aliphatic heterocycles. The van der Waals surface area contributed by atoms with Crippen molar-refractivity contribution < 1.29 is 31.2 Å². The molecule has 2 saturated heterocycles. The fourth-order valence-electron chi connectivity index (χ4n) is 6.43. The molecule has 270 valence electrons. The van der Waals surface area contributed by atoms with Crippen molar-refractivity contribution in [3.63, 3.8) is 0 Å². The Balaban J connectivity index is 0.00000448. The van der Waals surface area contributed by atoms with Crippen molar-refractivity contribution in [2.24, 2.45) is 7.05 Å². The number of halogens is 3. The van der Waals surface area contributed by atoms with Crippen molar-refractivity contribution in [1.82, 2.24) is 24.1 Å². The Kier molecular flexibility index (Phi) is 11.3. The maximum absolute atomic E-state index is 12.8. The maximum Gasteiger partial charge on any atom is 0.350 e. The molecule has 0 amide bonds. The van der Waals surface area contributed by atoms with E-state index in [1.165, 1.54) is 0 Å². The van der Waals surface area contributed by atoms with Gasteiger partial charge < -0.3 is 36.4 Å². The van der Waals surface area contributed by atoms with Crippen LogP contribution in [0.5, 0.6) is 5.75 Å². The lowest BCUT2D eigenvalue weighted by Gasteiger charge is -2.37. The van der Waals surface area contributed by atoms with E-state index in [4.69, 9.17) is 37.4 Å². The number of benzene rings is 3. The number of aromatic nitrogens is 6. The van der Waals surface area contributed by atoms with Gasteiger partial charge in [-0.25, -0.2) is 18.6 Å². The first-order valence-corrected chi connectivity index (χ1v) is 17.6. The zero-order valence-electron chi connectivity index (χ0n) is 28.7. The molecule has 2 aromatic heterocycles. The van der Waals surface area contributed by atoms with Gasteiger partial charge in [-0.1, -0.05) is 36.2 Å². The predicted octanol–water partition coefficient (Wildman–Crippen LogP) is 2.01. The molecule has 0 bridgehead atoms. The summed E-state index contributed by atoms with van der Waals surface area (Å²) in [5, 5.41) is 9.71. The Morgan fingerprint density at radius 3 is 2.22 bits per heavy atom. The first kappa shape index (κ1) is 36.7. The van der Waals surface area contributed by atoms with E-state index in [1.807, 2.05) is 62.1 Å². The molecular formula is C36H41Cl3N8O4. The van der Waals surface area contributed by atoms with Crippen LogP contribution in [-0.4, -0.2) is 69.6 Å². The standard InChI is InChI=1S/C36H41Cl2N8O4.ClH/c1-4-26(2)46-35(47)45(24-40-46)30-8-6-28(7-9-30)42-15-17-43(18-16-42)29-10-12-31(13-11-29)48-20-32-21-49-36(50-32,22-44-25-41(3)23-39-44)33-14-5-27(37)19-34(33)38;/h5-14,19,23-26,32H,4,15-18,20-22H2,1-3H3;1H/q+1;/p-1. The van der Waals surface area contributed by atoms with Crippen molar-refractivity contribution >= 4 is 34.6 Å². The summed E-state index contributed by atoms with van der Waals surface area (Å²) in [5.41, 5.74) is 3.67. The lowest BCUT2D eigenvalue weighted by atomic mass is 10.1. The highest BCUT2D eigenvalue weighted by Crippen LogP contribution is 2.40. The van der Waals surface area contributed by atoms with Gasteiger partial charge in [-0.2, -0.15) is 5.10 Å². The number of aryl methyl sites for hydroxylation is 1. The first-order chi connectivity index (χ1) is 24.2. The number of hydrogen-bond donors (Lipinski definition) is 0. The normalized spacial score (nSPS) is 19.6. The molecule has 2 fully saturated rings. The van der Waals surface area contributed by atoms with Crippen molar-refractivity contribution in [2.45, 2.75) is 44.7 Å². The van der Waals surface area contributed by atoms with Crippen LogP contribution >= 0.6 is 23.2 Å². The lowest BCUT2D eigenvalue weighted by Crippen LogP contribution is -3.00. The Hall–Kier alpha value is -4.07. The Labute approximate surface area is 313 Å². The van der Waals surface area contributed by atoms with Gasteiger partial charge in [-0.15, -0.1) is 4.68 Å². The molecule has 3 atom stereocenters. The van der Waals surface area contributed by atoms with Crippen LogP contribution in [0.1, 0.15) is 31.9 Å². The van der Waals surface area contributed by atoms with E-state index < -0.39 is 5.79 Å². The van der Waals surface area contributed by atoms with Crippen LogP contribution in [0, 0.1) is 0 Å². The molecule has 0 spiro atoms. The molecule has 0 saturated carbocycles. The second kappa shape index (κ2) is 15.7. The minimum absolute atomic E-state index is 0. The van der Waals surface area contributed by atoms with Gasteiger partial charge in [0.2, 0.25) is 12.1 Å². The average Bonchev–Trinajstić information content (AvgIpc) is 3.85. The van der Waals surface area contributed by atoms with E-state index in [1.54, 1.807) is 38.7 Å². The molecule has 15 heteroatoms. The number of piperazine rings is 1. The third-order valence-electron chi connectivity index (χ3n) is 9.38. The van der Waals surface area contributed by atoms with Crippen molar-refractivity contribution in [3.8, 4) is 11.4 Å². The van der Waals surface area contributed by atoms with Crippen LogP contribution in [0.4, 0.5) is 11.4 Å². The summed E-state index contributed by atoms with van der Waals surface area (Å²) >= 11 is 12.8. The van der Waals surface area contributed by atoms with E-state index in [-0.39, 0.29) is 30.2 Å². The van der Waals surface area contributed by atoms with Crippen molar-refractivity contribution in [2.75, 3.05) is 49.2 Å². The quantitative estimate of drug-likeness (QED) is 0.189. The third kappa shape index (κ3) is 7.90. The van der Waals surface area contributed by atoms with Gasteiger partial charge >= 0.3 is 5.69 Å². The fraction of sp³-hybridized carbons (Fsp3) is 0.389. The minimum atomic E-state index is -1.14. The maximum atomic E-state index is 12.8. The minimum Gasteiger partial charge on any atom is -1.00 e. The molecule has 4 heterocycles. The van der Waals surface area contributed by atoms with Gasteiger partial charge in [0.25, 0.3) is 6.33 Å². The van der Waals surface area contributed by atoms with Gasteiger partial charge in [0.05, 0.1) is 30.4 Å². The summed E-state index contributed by atoms with van der Waals surface area (Å²) in [6.45, 7) is 8.56. The molecule has 0 aliphatic carbocycles. The van der Waals surface area contributed by atoms with Gasteiger partial charge in [-0.3, -0.25) is 0 Å². The predicted molar refractivity (Wildman–Crippen MR) is 192 cm³/mol. The van der Waals surface area contributed by atoms with E-state index in [0.29, 0.717) is 35.4 Å². The number of rotatable bonds is 11. The average molecular weight is 756 g/mol. The Bertz CT molecular complexity index is 1980. The molecule has 51 heavy (non-hydrogen) atoms. The monoisotopic (exact) mass is 754 g/mol. The second-order valence-electron chi connectivity index (χ2n) is 12.8. The van der Waals surface area contributed by atoms with E-state index in [2.05, 4.69) is 44.3 Å². The van der Waals surface area contributed by atoms with Crippen LogP contribution in [-0.2, 0) is 28.9 Å². The summed E-state index contributed by atoms with van der Waals surface area (Å²) in [6.07, 6.45) is 5.70. The highest BCUT2D eigenvalue weighted by atomic mass is 35.5. The van der Waals surface area contributed by atoms with Gasteiger partial charge in [0.15, 0.2) is 6.54 Å². The van der Waals surface area contributed by atoms with E-state index in [0.717, 1.165) is 55.4 Å². The lowest BCUT2D eigenvalue weighted by molar-refractivity contribution is -0.672. The summed E-state index contributed by atoms with van der Waals surface area (Å²) in [4.78, 5) is 17.6. The van der Waals surface area contributed by atoms with Crippen LogP contribution in [0.15, 0.2) is 90.5 Å². The highest BCUT2D eigenvalue weighted by molar-refractivity contribution is 6.35. The third-order valence-corrected chi connectivity index (χ3v) is 9.93. The Morgan fingerprint density at radius 1 is 0.961 bits per heavy atom. The number of hydrogen-bond acceptors (Lipinski definition) is 8. The Morgan fingerprint density at radius 2 is 1.61 bits per heavy atom. The molecule has 7 rings (SSSR count). The van der Waals surface area contributed by atoms with E-state index >= 15 is 0 Å². The topological polar surface area (TPSA) is 95.7 Å². The summed E-state index contributed by atoms with van der Waals surface area (Å²) in [5.74, 6) is -0.384. The van der Waals surface area contributed by atoms with E-state index in [9.17, 15) is 4.79 Å². The number of anilines is 2. The SMILES string of the molecule is CCC(C)n1ncn(-c2ccc(N3CCN(c4ccc(OCC5COC(Cn6c[n+](C)cn6)(c6ccc(Cl)cc6Cl)O5)cc4)CC3)cc2)c1=O.[Cl-]. The molecule has 3 aromatic carbocycles. The zero-order chi connectivity index (χ0) is 34.8. The largest absolute Gasteiger partial charge is 1.00 e. The summed E-state index contributed by atoms with van der Waals surface area (Å²) in [7, 11) is 1.90. The van der Waals surface area contributed by atoms with Crippen LogP contribution in [0.3, 0.4) is 0 Å². The molecule has 2 aliphatic rings. The zero-order valence-corrected chi connectivity index (χ0v) is 31.0. The smallest absolute Gasteiger partial charge is 0.350 e. The highest BCUT2D eigenvalue weighted by Gasteiger charge is 2.47. The second-order valence-corrected chi connectivity index (χ2v) is 13.7. The summed E-state index contributed by atoms with van der Waals surface area (Å²) < 4.78 is 25.8. The van der Waals surface area contributed by atoms with Gasteiger partial charge in [0, 0.05) is 53.2 Å². The molecule has 0 radical (unpaired) electrons.